The molecule has 26 heavy (non-hydrogen) atoms. The first kappa shape index (κ1) is 17.9. The molecule has 6 nitrogen and oxygen atoms in total. The Balaban J connectivity index is 1.59. The summed E-state index contributed by atoms with van der Waals surface area (Å²) in [7, 11) is 0. The zero-order valence-corrected chi connectivity index (χ0v) is 14.3. The molecule has 3 rings (SSSR count). The number of carbonyl (C=O) groups excluding carboxylic acids is 2. The number of hydrogen-bond acceptors (Lipinski definition) is 5. The Morgan fingerprint density at radius 1 is 0.923 bits per heavy atom. The lowest BCUT2D eigenvalue weighted by Gasteiger charge is -2.30. The van der Waals surface area contributed by atoms with E-state index < -0.39 is 17.8 Å². The van der Waals surface area contributed by atoms with Crippen LogP contribution in [0.2, 0.25) is 0 Å². The Kier molecular flexibility index (Phi) is 5.53. The fourth-order valence-electron chi connectivity index (χ4n) is 2.89. The molecule has 1 aliphatic heterocycles. The number of amides is 1. The third kappa shape index (κ3) is 4.03. The summed E-state index contributed by atoms with van der Waals surface area (Å²) in [6, 6.07) is 18.4. The van der Waals surface area contributed by atoms with Crippen molar-refractivity contribution in [2.75, 3.05) is 6.54 Å². The van der Waals surface area contributed by atoms with Crippen molar-refractivity contribution in [2.45, 2.75) is 31.8 Å². The SMILES string of the molecule is O=C(OCc1ccccc1)N1CCCC1(O)C(=O)OCc1ccccc1. The van der Waals surface area contributed by atoms with E-state index in [1.807, 2.05) is 60.7 Å². The van der Waals surface area contributed by atoms with E-state index >= 15 is 0 Å². The van der Waals surface area contributed by atoms with Gasteiger partial charge in [0.05, 0.1) is 0 Å². The maximum Gasteiger partial charge on any atom is 0.412 e. The van der Waals surface area contributed by atoms with Gasteiger partial charge in [0.1, 0.15) is 13.2 Å². The molecule has 1 saturated heterocycles. The number of hydrogen-bond donors (Lipinski definition) is 1. The summed E-state index contributed by atoms with van der Waals surface area (Å²) >= 11 is 0. The number of aliphatic hydroxyl groups is 1. The van der Waals surface area contributed by atoms with E-state index in [0.29, 0.717) is 6.42 Å². The van der Waals surface area contributed by atoms with Gasteiger partial charge in [-0.3, -0.25) is 4.90 Å². The van der Waals surface area contributed by atoms with E-state index in [1.165, 1.54) is 0 Å². The molecule has 0 radical (unpaired) electrons. The van der Waals surface area contributed by atoms with Crippen molar-refractivity contribution in [1.29, 1.82) is 0 Å². The lowest BCUT2D eigenvalue weighted by molar-refractivity contribution is -0.181. The van der Waals surface area contributed by atoms with Crippen molar-refractivity contribution in [1.82, 2.24) is 4.90 Å². The highest BCUT2D eigenvalue weighted by atomic mass is 16.6. The molecule has 1 N–H and O–H groups in total. The van der Waals surface area contributed by atoms with E-state index in [0.717, 1.165) is 16.0 Å². The van der Waals surface area contributed by atoms with Crippen LogP contribution in [0.1, 0.15) is 24.0 Å². The number of likely N-dealkylation sites (tertiary alicyclic amines) is 1. The Hall–Kier alpha value is -2.86. The summed E-state index contributed by atoms with van der Waals surface area (Å²) in [4.78, 5) is 25.8. The number of esters is 1. The van der Waals surface area contributed by atoms with Crippen LogP contribution >= 0.6 is 0 Å². The van der Waals surface area contributed by atoms with Crippen LogP contribution in [0, 0.1) is 0 Å². The molecule has 0 saturated carbocycles. The van der Waals surface area contributed by atoms with Crippen LogP contribution < -0.4 is 0 Å². The standard InChI is InChI=1S/C20H21NO5/c22-18(25-14-16-8-3-1-4-9-16)20(24)12-7-13-21(20)19(23)26-15-17-10-5-2-6-11-17/h1-6,8-11,24H,7,12-15H2. The van der Waals surface area contributed by atoms with Gasteiger partial charge in [0.25, 0.3) is 0 Å². The van der Waals surface area contributed by atoms with Crippen LogP contribution in [-0.2, 0) is 27.5 Å². The molecule has 0 bridgehead atoms. The van der Waals surface area contributed by atoms with E-state index in [2.05, 4.69) is 0 Å². The number of ether oxygens (including phenoxy) is 2. The smallest absolute Gasteiger partial charge is 0.412 e. The molecular weight excluding hydrogens is 334 g/mol. The molecule has 1 heterocycles. The monoisotopic (exact) mass is 355 g/mol. The lowest BCUT2D eigenvalue weighted by atomic mass is 10.1. The van der Waals surface area contributed by atoms with Gasteiger partial charge in [-0.25, -0.2) is 9.59 Å². The summed E-state index contributed by atoms with van der Waals surface area (Å²) in [6.45, 7) is 0.352. The lowest BCUT2D eigenvalue weighted by Crippen LogP contribution is -2.53. The molecule has 1 amide bonds. The first-order chi connectivity index (χ1) is 12.6. The zero-order valence-electron chi connectivity index (χ0n) is 14.3. The molecule has 6 heteroatoms. The molecule has 1 unspecified atom stereocenters. The quantitative estimate of drug-likeness (QED) is 0.835. The van der Waals surface area contributed by atoms with Crippen molar-refractivity contribution < 1.29 is 24.2 Å². The molecule has 136 valence electrons. The predicted octanol–water partition coefficient (Wildman–Crippen LogP) is 2.85. The highest BCUT2D eigenvalue weighted by molar-refractivity contribution is 5.84. The third-order valence-corrected chi connectivity index (χ3v) is 4.32. The van der Waals surface area contributed by atoms with Crippen molar-refractivity contribution in [3.63, 3.8) is 0 Å². The molecule has 1 atom stereocenters. The van der Waals surface area contributed by atoms with E-state index in [-0.39, 0.29) is 26.2 Å². The molecular formula is C20H21NO5. The van der Waals surface area contributed by atoms with Crippen molar-refractivity contribution in [2.24, 2.45) is 0 Å². The molecule has 1 fully saturated rings. The second kappa shape index (κ2) is 8.01. The number of rotatable bonds is 5. The van der Waals surface area contributed by atoms with Crippen LogP contribution in [-0.4, -0.2) is 34.3 Å². The van der Waals surface area contributed by atoms with Gasteiger partial charge in [-0.1, -0.05) is 60.7 Å². The Morgan fingerprint density at radius 3 is 2.04 bits per heavy atom. The van der Waals surface area contributed by atoms with Gasteiger partial charge in [-0.05, 0) is 17.5 Å². The minimum Gasteiger partial charge on any atom is -0.457 e. The van der Waals surface area contributed by atoms with E-state index in [9.17, 15) is 14.7 Å². The molecule has 0 aromatic heterocycles. The largest absolute Gasteiger partial charge is 0.457 e. The van der Waals surface area contributed by atoms with Crippen molar-refractivity contribution >= 4 is 12.1 Å². The Labute approximate surface area is 152 Å². The van der Waals surface area contributed by atoms with Crippen LogP contribution in [0.4, 0.5) is 4.79 Å². The second-order valence-corrected chi connectivity index (χ2v) is 6.17. The van der Waals surface area contributed by atoms with Crippen LogP contribution in [0.15, 0.2) is 60.7 Å². The average Bonchev–Trinajstić information content (AvgIpc) is 3.09. The second-order valence-electron chi connectivity index (χ2n) is 6.17. The van der Waals surface area contributed by atoms with Gasteiger partial charge in [-0.15, -0.1) is 0 Å². The minimum atomic E-state index is -1.98. The van der Waals surface area contributed by atoms with Gasteiger partial charge in [0, 0.05) is 13.0 Å². The number of carbonyl (C=O) groups is 2. The average molecular weight is 355 g/mol. The maximum absolute atomic E-state index is 12.4. The molecule has 1 aliphatic rings. The fourth-order valence-corrected chi connectivity index (χ4v) is 2.89. The molecule has 2 aromatic carbocycles. The number of nitrogens with zero attached hydrogens (tertiary/aromatic N) is 1. The molecule has 2 aromatic rings. The summed E-state index contributed by atoms with van der Waals surface area (Å²) in [5.41, 5.74) is -0.348. The Bertz CT molecular complexity index is 749. The summed E-state index contributed by atoms with van der Waals surface area (Å²) in [6.07, 6.45) is -0.108. The Morgan fingerprint density at radius 2 is 1.46 bits per heavy atom. The fraction of sp³-hybridized carbons (Fsp3) is 0.300. The summed E-state index contributed by atoms with van der Waals surface area (Å²) < 4.78 is 10.5. The number of benzene rings is 2. The molecule has 0 spiro atoms. The zero-order chi connectivity index (χ0) is 18.4. The van der Waals surface area contributed by atoms with Gasteiger partial charge in [0.15, 0.2) is 0 Å². The van der Waals surface area contributed by atoms with E-state index in [1.54, 1.807) is 0 Å². The normalized spacial score (nSPS) is 19.2. The predicted molar refractivity (Wildman–Crippen MR) is 93.8 cm³/mol. The van der Waals surface area contributed by atoms with Gasteiger partial charge in [0.2, 0.25) is 5.72 Å². The van der Waals surface area contributed by atoms with Crippen molar-refractivity contribution in [3.8, 4) is 0 Å². The third-order valence-electron chi connectivity index (χ3n) is 4.32. The summed E-state index contributed by atoms with van der Waals surface area (Å²) in [5.74, 6) is -0.837. The first-order valence-electron chi connectivity index (χ1n) is 8.51. The van der Waals surface area contributed by atoms with Crippen LogP contribution in [0.25, 0.3) is 0 Å². The summed E-state index contributed by atoms with van der Waals surface area (Å²) in [5, 5.41) is 10.7. The highest BCUT2D eigenvalue weighted by Crippen LogP contribution is 2.29. The molecule has 0 aliphatic carbocycles. The first-order valence-corrected chi connectivity index (χ1v) is 8.51. The minimum absolute atomic E-state index is 0.0366. The van der Waals surface area contributed by atoms with Gasteiger partial charge in [-0.2, -0.15) is 0 Å². The van der Waals surface area contributed by atoms with Crippen molar-refractivity contribution in [3.05, 3.63) is 71.8 Å². The van der Waals surface area contributed by atoms with Gasteiger partial charge < -0.3 is 14.6 Å². The topological polar surface area (TPSA) is 76.1 Å². The maximum atomic E-state index is 12.4. The van der Waals surface area contributed by atoms with Crippen LogP contribution in [0.3, 0.4) is 0 Å². The van der Waals surface area contributed by atoms with E-state index in [4.69, 9.17) is 9.47 Å². The van der Waals surface area contributed by atoms with Crippen LogP contribution in [0.5, 0.6) is 0 Å². The highest BCUT2D eigenvalue weighted by Gasteiger charge is 2.50. The van der Waals surface area contributed by atoms with Gasteiger partial charge >= 0.3 is 12.1 Å².